The van der Waals surface area contributed by atoms with Crippen LogP contribution in [0.25, 0.3) is 10.9 Å². The monoisotopic (exact) mass is 692 g/mol. The first-order valence-electron chi connectivity index (χ1n) is 17.5. The molecule has 4 fully saturated rings. The number of Topliss-reactive ketones (excluding diaryl/α,β-unsaturated/α-hetero) is 1. The Morgan fingerprint density at radius 3 is 2.47 bits per heavy atom. The summed E-state index contributed by atoms with van der Waals surface area (Å²) in [5.41, 5.74) is -1.40. The van der Waals surface area contributed by atoms with Crippen LogP contribution in [-0.2, 0) is 33.9 Å². The van der Waals surface area contributed by atoms with Gasteiger partial charge in [-0.05, 0) is 74.3 Å². The van der Waals surface area contributed by atoms with E-state index in [4.69, 9.17) is 4.74 Å². The van der Waals surface area contributed by atoms with Gasteiger partial charge in [0, 0.05) is 31.1 Å². The predicted octanol–water partition coefficient (Wildman–Crippen LogP) is 4.61. The van der Waals surface area contributed by atoms with E-state index < -0.39 is 50.5 Å². The number of carbonyl (C=O) groups excluding carboxylic acids is 4. The third kappa shape index (κ3) is 7.31. The fourth-order valence-corrected chi connectivity index (χ4v) is 8.99. The molecule has 0 radical (unpaired) electrons. The lowest BCUT2D eigenvalue weighted by Crippen LogP contribution is -2.49. The zero-order chi connectivity index (χ0) is 35.1. The number of sulfonamides is 1. The highest BCUT2D eigenvalue weighted by molar-refractivity contribution is 7.89. The Bertz CT molecular complexity index is 1740. The lowest BCUT2D eigenvalue weighted by molar-refractivity contribution is -0.156. The summed E-state index contributed by atoms with van der Waals surface area (Å²) in [5.74, 6) is -2.20. The highest BCUT2D eigenvalue weighted by Crippen LogP contribution is 2.57. The molecule has 2 heterocycles. The summed E-state index contributed by atoms with van der Waals surface area (Å²) >= 11 is 0. The van der Waals surface area contributed by atoms with Crippen LogP contribution in [0.5, 0.6) is 0 Å². The third-order valence-corrected chi connectivity index (χ3v) is 12.7. The minimum absolute atomic E-state index is 0.0246. The largest absolute Gasteiger partial charge is 0.462 e. The zero-order valence-electron chi connectivity index (χ0n) is 28.7. The molecule has 11 nitrogen and oxygen atoms in total. The maximum atomic E-state index is 14.6. The predicted molar refractivity (Wildman–Crippen MR) is 183 cm³/mol. The van der Waals surface area contributed by atoms with Crippen molar-refractivity contribution in [2.24, 2.45) is 28.6 Å². The number of nitrogens with one attached hydrogen (secondary N) is 1. The highest BCUT2D eigenvalue weighted by atomic mass is 32.2. The molecule has 12 heteroatoms. The van der Waals surface area contributed by atoms with Gasteiger partial charge in [0.2, 0.25) is 21.8 Å². The number of rotatable bonds is 13. The van der Waals surface area contributed by atoms with Gasteiger partial charge in [0.15, 0.2) is 5.78 Å². The molecular formula is C37H48N4O7S. The molecule has 1 aromatic heterocycles. The quantitative estimate of drug-likeness (QED) is 0.237. The number of fused-ring (bicyclic) bond motifs is 1. The van der Waals surface area contributed by atoms with Crippen molar-refractivity contribution < 1.29 is 32.3 Å². The summed E-state index contributed by atoms with van der Waals surface area (Å²) in [6.07, 6.45) is 8.85. The zero-order valence-corrected chi connectivity index (χ0v) is 29.5. The van der Waals surface area contributed by atoms with Gasteiger partial charge in [0.05, 0.1) is 29.9 Å². The normalized spacial score (nSPS) is 25.2. The third-order valence-electron chi connectivity index (χ3n) is 10.9. The number of benzene rings is 1. The highest BCUT2D eigenvalue weighted by Gasteiger charge is 2.60. The molecule has 0 unspecified atom stereocenters. The minimum Gasteiger partial charge on any atom is -0.462 e. The SMILES string of the molecule is C=C[C@@H]1C[C@]1(CC(=O)[C@@H]1CN(S(=O)(=O)c2cccc3cccnc23)CN1C(=O)[C@@H](CC(=O)OC1CCCC1)C(C)(C)C)C(=O)NCC1CC1. The summed E-state index contributed by atoms with van der Waals surface area (Å²) < 4.78 is 35.4. The molecule has 0 bridgehead atoms. The van der Waals surface area contributed by atoms with E-state index in [1.165, 1.54) is 17.2 Å². The maximum Gasteiger partial charge on any atom is 0.306 e. The van der Waals surface area contributed by atoms with E-state index >= 15 is 0 Å². The number of amides is 2. The van der Waals surface area contributed by atoms with Crippen molar-refractivity contribution in [3.05, 3.63) is 49.2 Å². The fourth-order valence-electron chi connectivity index (χ4n) is 7.44. The number of allylic oxidation sites excluding steroid dienone is 1. The molecule has 2 amide bonds. The van der Waals surface area contributed by atoms with Crippen molar-refractivity contribution in [3.63, 3.8) is 0 Å². The van der Waals surface area contributed by atoms with E-state index in [-0.39, 0.29) is 54.4 Å². The van der Waals surface area contributed by atoms with Gasteiger partial charge in [-0.25, -0.2) is 8.42 Å². The molecule has 1 saturated heterocycles. The van der Waals surface area contributed by atoms with Gasteiger partial charge in [-0.3, -0.25) is 24.2 Å². The number of aromatic nitrogens is 1. The lowest BCUT2D eigenvalue weighted by atomic mass is 9.77. The van der Waals surface area contributed by atoms with Gasteiger partial charge in [-0.1, -0.05) is 45.0 Å². The number of carbonyl (C=O) groups is 4. The minimum atomic E-state index is -4.23. The van der Waals surface area contributed by atoms with Crippen LogP contribution in [0.1, 0.15) is 78.6 Å². The summed E-state index contributed by atoms with van der Waals surface area (Å²) in [6, 6.07) is 7.22. The van der Waals surface area contributed by atoms with Crippen LogP contribution in [-0.4, -0.2) is 78.1 Å². The number of nitrogens with zero attached hydrogens (tertiary/aromatic N) is 3. The van der Waals surface area contributed by atoms with Gasteiger partial charge in [0.25, 0.3) is 0 Å². The van der Waals surface area contributed by atoms with Crippen molar-refractivity contribution >= 4 is 44.5 Å². The number of pyridine rings is 1. The van der Waals surface area contributed by atoms with Gasteiger partial charge < -0.3 is 15.0 Å². The first-order valence-corrected chi connectivity index (χ1v) is 19.0. The maximum absolute atomic E-state index is 14.6. The molecule has 1 N–H and O–H groups in total. The van der Waals surface area contributed by atoms with E-state index in [9.17, 15) is 27.6 Å². The van der Waals surface area contributed by atoms with Gasteiger partial charge >= 0.3 is 5.97 Å². The molecule has 49 heavy (non-hydrogen) atoms. The summed E-state index contributed by atoms with van der Waals surface area (Å²) in [5, 5.41) is 3.66. The Morgan fingerprint density at radius 2 is 1.82 bits per heavy atom. The van der Waals surface area contributed by atoms with E-state index in [1.807, 2.05) is 20.8 Å². The summed E-state index contributed by atoms with van der Waals surface area (Å²) in [4.78, 5) is 61.1. The van der Waals surface area contributed by atoms with Crippen molar-refractivity contribution in [1.29, 1.82) is 0 Å². The molecule has 4 aliphatic rings. The summed E-state index contributed by atoms with van der Waals surface area (Å²) in [6.45, 7) is 9.32. The molecular weight excluding hydrogens is 644 g/mol. The smallest absolute Gasteiger partial charge is 0.306 e. The second-order valence-electron chi connectivity index (χ2n) is 15.5. The number of para-hydroxylation sites is 1. The van der Waals surface area contributed by atoms with Crippen molar-refractivity contribution in [2.45, 2.75) is 95.6 Å². The molecule has 3 aliphatic carbocycles. The van der Waals surface area contributed by atoms with Gasteiger partial charge in [0.1, 0.15) is 17.0 Å². The van der Waals surface area contributed by atoms with Crippen LogP contribution in [0, 0.1) is 28.6 Å². The average Bonchev–Trinajstić information content (AvgIpc) is 3.91. The molecule has 0 spiro atoms. The molecule has 4 atom stereocenters. The number of hydrogen-bond donors (Lipinski definition) is 1. The van der Waals surface area contributed by atoms with Crippen LogP contribution in [0.2, 0.25) is 0 Å². The second-order valence-corrected chi connectivity index (χ2v) is 17.4. The van der Waals surface area contributed by atoms with Crippen LogP contribution in [0.3, 0.4) is 0 Å². The number of hydrogen-bond acceptors (Lipinski definition) is 8. The van der Waals surface area contributed by atoms with Gasteiger partial charge in [-0.2, -0.15) is 4.31 Å². The van der Waals surface area contributed by atoms with E-state index in [0.29, 0.717) is 24.3 Å². The van der Waals surface area contributed by atoms with E-state index in [2.05, 4.69) is 16.9 Å². The van der Waals surface area contributed by atoms with Crippen LogP contribution in [0.15, 0.2) is 54.1 Å². The van der Waals surface area contributed by atoms with E-state index in [1.54, 1.807) is 30.3 Å². The molecule has 3 saturated carbocycles. The fraction of sp³-hybridized carbons (Fsp3) is 0.595. The lowest BCUT2D eigenvalue weighted by Gasteiger charge is -2.34. The number of esters is 1. The molecule has 264 valence electrons. The van der Waals surface area contributed by atoms with Crippen molar-refractivity contribution in [2.75, 3.05) is 19.8 Å². The van der Waals surface area contributed by atoms with Gasteiger partial charge in [-0.15, -0.1) is 6.58 Å². The van der Waals surface area contributed by atoms with Crippen LogP contribution >= 0.6 is 0 Å². The van der Waals surface area contributed by atoms with E-state index in [0.717, 1.165) is 42.8 Å². The summed E-state index contributed by atoms with van der Waals surface area (Å²) in [7, 11) is -4.23. The number of ketones is 1. The van der Waals surface area contributed by atoms with Crippen molar-refractivity contribution in [3.8, 4) is 0 Å². The second kappa shape index (κ2) is 13.6. The first kappa shape index (κ1) is 35.2. The van der Waals surface area contributed by atoms with Crippen LogP contribution < -0.4 is 5.32 Å². The standard InChI is InChI=1S/C37H48N4O7S/c1-5-26-19-37(26,35(45)39-21-24-15-16-24)20-30(42)29-22-40(49(46,47)31-14-8-10-25-11-9-17-38-33(25)31)23-41(29)34(44)28(36(2,3)4)18-32(43)48-27-12-6-7-13-27/h5,8-11,14,17,24,26-29H,1,6-7,12-13,15-16,18-23H2,2-4H3,(H,39,45)/t26-,28-,29+,37-/m1/s1. The Kier molecular flexibility index (Phi) is 9.76. The Morgan fingerprint density at radius 1 is 1.10 bits per heavy atom. The molecule has 6 rings (SSSR count). The van der Waals surface area contributed by atoms with Crippen molar-refractivity contribution in [1.82, 2.24) is 19.5 Å². The molecule has 2 aromatic rings. The van der Waals surface area contributed by atoms with Crippen LogP contribution in [0.4, 0.5) is 0 Å². The molecule has 1 aliphatic heterocycles. The number of ether oxygens (including phenoxy) is 1. The topological polar surface area (TPSA) is 143 Å². The Hall–Kier alpha value is -3.64. The Balaban J connectivity index is 1.30. The first-order chi connectivity index (χ1) is 23.2. The molecule has 1 aromatic carbocycles. The average molecular weight is 693 g/mol. The Labute approximate surface area is 288 Å².